The van der Waals surface area contributed by atoms with E-state index in [1.165, 1.54) is 0 Å². The second-order valence-electron chi connectivity index (χ2n) is 3.35. The number of aromatic nitrogens is 2. The van der Waals surface area contributed by atoms with Gasteiger partial charge in [-0.15, -0.1) is 0 Å². The third-order valence-corrected chi connectivity index (χ3v) is 2.16. The van der Waals surface area contributed by atoms with E-state index in [2.05, 4.69) is 4.98 Å². The van der Waals surface area contributed by atoms with Crippen LogP contribution in [-0.4, -0.2) is 14.3 Å². The van der Waals surface area contributed by atoms with E-state index in [1.807, 2.05) is 0 Å². The lowest BCUT2D eigenvalue weighted by molar-refractivity contribution is -0.385. The molecule has 0 bridgehead atoms. The van der Waals surface area contributed by atoms with Gasteiger partial charge in [0.25, 0.3) is 11.2 Å². The maximum Gasteiger partial charge on any atom is 0.432 e. The average Bonchev–Trinajstić information content (AvgIpc) is 2.25. The Morgan fingerprint density at radius 2 is 2.00 bits per heavy atom. The van der Waals surface area contributed by atoms with Crippen LogP contribution < -0.4 is 5.56 Å². The number of fused-ring (bicyclic) bond motifs is 1. The zero-order chi connectivity index (χ0) is 13.5. The normalized spacial score (nSPS) is 11.7. The molecule has 0 fully saturated rings. The summed E-state index contributed by atoms with van der Waals surface area (Å²) in [6.07, 6.45) is -4.13. The summed E-state index contributed by atoms with van der Waals surface area (Å²) in [7, 11) is 0. The zero-order valence-corrected chi connectivity index (χ0v) is 8.51. The quantitative estimate of drug-likeness (QED) is 0.576. The number of rotatable bonds is 1. The molecule has 0 N–H and O–H groups in total. The Morgan fingerprint density at radius 3 is 2.56 bits per heavy atom. The zero-order valence-electron chi connectivity index (χ0n) is 8.51. The highest BCUT2D eigenvalue weighted by molar-refractivity contribution is 5.45. The smallest absolute Gasteiger partial charge is 0.290 e. The van der Waals surface area contributed by atoms with Gasteiger partial charge in [-0.05, 0) is 6.07 Å². The summed E-state index contributed by atoms with van der Waals surface area (Å²) in [5.41, 5.74) is -3.20. The number of hydrogen-bond donors (Lipinski definition) is 0. The van der Waals surface area contributed by atoms with Crippen molar-refractivity contribution in [1.29, 1.82) is 0 Å². The third-order valence-electron chi connectivity index (χ3n) is 2.16. The molecule has 94 valence electrons. The van der Waals surface area contributed by atoms with E-state index < -0.39 is 28.0 Å². The van der Waals surface area contributed by atoms with Crippen molar-refractivity contribution in [1.82, 2.24) is 9.38 Å². The molecule has 2 aromatic rings. The van der Waals surface area contributed by atoms with Crippen molar-refractivity contribution in [3.63, 3.8) is 0 Å². The molecule has 6 nitrogen and oxygen atoms in total. The summed E-state index contributed by atoms with van der Waals surface area (Å²) in [5.74, 6) is 0. The van der Waals surface area contributed by atoms with E-state index in [0.717, 1.165) is 12.1 Å². The molecule has 0 saturated heterocycles. The van der Waals surface area contributed by atoms with Crippen LogP contribution in [0.3, 0.4) is 0 Å². The third kappa shape index (κ3) is 2.01. The number of nitro groups is 1. The first-order valence-corrected chi connectivity index (χ1v) is 4.54. The number of alkyl halides is 3. The second kappa shape index (κ2) is 3.79. The summed E-state index contributed by atoms with van der Waals surface area (Å²) in [6.45, 7) is 0. The van der Waals surface area contributed by atoms with Crippen LogP contribution in [0.5, 0.6) is 0 Å². The molecule has 2 aromatic heterocycles. The Morgan fingerprint density at radius 1 is 1.33 bits per heavy atom. The van der Waals surface area contributed by atoms with E-state index in [9.17, 15) is 28.1 Å². The van der Waals surface area contributed by atoms with Crippen LogP contribution in [0, 0.1) is 10.1 Å². The van der Waals surface area contributed by atoms with Crippen LogP contribution in [-0.2, 0) is 6.18 Å². The lowest BCUT2D eigenvalue weighted by Gasteiger charge is -2.10. The van der Waals surface area contributed by atoms with Crippen molar-refractivity contribution < 1.29 is 18.1 Å². The van der Waals surface area contributed by atoms with Gasteiger partial charge >= 0.3 is 6.18 Å². The SMILES string of the molecule is O=c1cc(C(F)(F)F)n2cc([N+](=O)[O-])ccc2n1. The fraction of sp³-hybridized carbons (Fsp3) is 0.111. The Bertz CT molecular complexity index is 693. The minimum atomic E-state index is -4.81. The van der Waals surface area contributed by atoms with Gasteiger partial charge in [0.1, 0.15) is 11.3 Å². The van der Waals surface area contributed by atoms with E-state index in [-0.39, 0.29) is 11.7 Å². The average molecular weight is 259 g/mol. The molecule has 18 heavy (non-hydrogen) atoms. The minimum absolute atomic E-state index is 0.288. The van der Waals surface area contributed by atoms with Crippen LogP contribution in [0.1, 0.15) is 5.69 Å². The largest absolute Gasteiger partial charge is 0.432 e. The fourth-order valence-electron chi connectivity index (χ4n) is 1.42. The van der Waals surface area contributed by atoms with Crippen LogP contribution in [0.15, 0.2) is 29.2 Å². The van der Waals surface area contributed by atoms with Gasteiger partial charge < -0.3 is 0 Å². The second-order valence-corrected chi connectivity index (χ2v) is 3.35. The molecule has 0 unspecified atom stereocenters. The van der Waals surface area contributed by atoms with Crippen LogP contribution in [0.2, 0.25) is 0 Å². The molecule has 2 rings (SSSR count). The van der Waals surface area contributed by atoms with Gasteiger partial charge in [0.15, 0.2) is 0 Å². The van der Waals surface area contributed by atoms with Crippen molar-refractivity contribution >= 4 is 11.3 Å². The van der Waals surface area contributed by atoms with Gasteiger partial charge in [0.2, 0.25) is 0 Å². The molecular weight excluding hydrogens is 255 g/mol. The van der Waals surface area contributed by atoms with Crippen LogP contribution in [0.4, 0.5) is 18.9 Å². The summed E-state index contributed by atoms with van der Waals surface area (Å²) >= 11 is 0. The number of nitrogens with zero attached hydrogens (tertiary/aromatic N) is 3. The van der Waals surface area contributed by atoms with Crippen LogP contribution in [0.25, 0.3) is 5.65 Å². The van der Waals surface area contributed by atoms with E-state index in [0.29, 0.717) is 10.6 Å². The molecular formula is C9H4F3N3O3. The Kier molecular flexibility index (Phi) is 2.53. The molecule has 0 aliphatic carbocycles. The molecule has 0 aromatic carbocycles. The summed E-state index contributed by atoms with van der Waals surface area (Å²) < 4.78 is 38.5. The Balaban J connectivity index is 2.87. The van der Waals surface area contributed by atoms with Crippen LogP contribution >= 0.6 is 0 Å². The molecule has 0 atom stereocenters. The standard InChI is InChI=1S/C9H4F3N3O3/c10-9(11,12)6-3-8(16)13-7-2-1-5(15(17)18)4-14(6)7/h1-4H. The molecule has 0 radical (unpaired) electrons. The highest BCUT2D eigenvalue weighted by Crippen LogP contribution is 2.29. The van der Waals surface area contributed by atoms with Gasteiger partial charge in [0, 0.05) is 12.1 Å². The summed E-state index contributed by atoms with van der Waals surface area (Å²) in [4.78, 5) is 24.0. The lowest BCUT2D eigenvalue weighted by atomic mass is 10.3. The predicted molar refractivity (Wildman–Crippen MR) is 53.1 cm³/mol. The monoisotopic (exact) mass is 259 g/mol. The van der Waals surface area contributed by atoms with Crippen molar-refractivity contribution in [3.05, 3.63) is 50.6 Å². The van der Waals surface area contributed by atoms with Gasteiger partial charge in [-0.2, -0.15) is 18.2 Å². The first kappa shape index (κ1) is 12.0. The van der Waals surface area contributed by atoms with Crippen molar-refractivity contribution in [2.24, 2.45) is 0 Å². The minimum Gasteiger partial charge on any atom is -0.290 e. The highest BCUT2D eigenvalue weighted by atomic mass is 19.4. The molecule has 0 saturated carbocycles. The fourth-order valence-corrected chi connectivity index (χ4v) is 1.42. The molecule has 0 amide bonds. The van der Waals surface area contributed by atoms with Crippen molar-refractivity contribution in [2.45, 2.75) is 6.18 Å². The van der Waals surface area contributed by atoms with Gasteiger partial charge in [0.05, 0.1) is 11.1 Å². The number of hydrogen-bond acceptors (Lipinski definition) is 4. The van der Waals surface area contributed by atoms with Gasteiger partial charge in [-0.1, -0.05) is 0 Å². The first-order chi connectivity index (χ1) is 8.29. The topological polar surface area (TPSA) is 77.5 Å². The highest BCUT2D eigenvalue weighted by Gasteiger charge is 2.34. The Hall–Kier alpha value is -2.45. The molecule has 0 aliphatic rings. The predicted octanol–water partition coefficient (Wildman–Crippen LogP) is 1.62. The molecule has 2 heterocycles. The van der Waals surface area contributed by atoms with Crippen molar-refractivity contribution in [3.8, 4) is 0 Å². The summed E-state index contributed by atoms with van der Waals surface area (Å²) in [6, 6.07) is 2.24. The molecule has 9 heteroatoms. The van der Waals surface area contributed by atoms with Crippen molar-refractivity contribution in [2.75, 3.05) is 0 Å². The van der Waals surface area contributed by atoms with E-state index in [1.54, 1.807) is 0 Å². The van der Waals surface area contributed by atoms with E-state index in [4.69, 9.17) is 0 Å². The molecule has 0 aliphatic heterocycles. The van der Waals surface area contributed by atoms with Gasteiger partial charge in [-0.3, -0.25) is 19.3 Å². The van der Waals surface area contributed by atoms with E-state index >= 15 is 0 Å². The summed E-state index contributed by atoms with van der Waals surface area (Å²) in [5, 5.41) is 10.5. The molecule has 0 spiro atoms. The number of pyridine rings is 1. The lowest BCUT2D eigenvalue weighted by Crippen LogP contribution is -2.19. The first-order valence-electron chi connectivity index (χ1n) is 4.54. The maximum atomic E-state index is 12.7. The Labute approximate surface area is 96.5 Å². The van der Waals surface area contributed by atoms with Gasteiger partial charge in [-0.25, -0.2) is 0 Å². The maximum absolute atomic E-state index is 12.7. The number of halogens is 3.